The average Bonchev–Trinajstić information content (AvgIpc) is 2.68. The second kappa shape index (κ2) is 8.49. The van der Waals surface area contributed by atoms with Crippen LogP contribution in [0.15, 0.2) is 48.5 Å². The summed E-state index contributed by atoms with van der Waals surface area (Å²) in [6, 6.07) is 10.3. The number of alkyl halides is 6. The van der Waals surface area contributed by atoms with Crippen molar-refractivity contribution < 1.29 is 35.8 Å². The molecule has 9 heteroatoms. The topological polar surface area (TPSA) is 32.1 Å². The molecule has 0 aliphatic carbocycles. The van der Waals surface area contributed by atoms with Gasteiger partial charge in [0.15, 0.2) is 12.3 Å². The van der Waals surface area contributed by atoms with Gasteiger partial charge in [-0.2, -0.15) is 26.3 Å². The summed E-state index contributed by atoms with van der Waals surface area (Å²) in [6.45, 7) is 0.430. The van der Waals surface area contributed by atoms with Crippen LogP contribution in [0.2, 0.25) is 0 Å². The molecule has 2 aromatic carbocycles. The van der Waals surface area contributed by atoms with Crippen LogP contribution in [-0.4, -0.2) is 22.8 Å². The normalized spacial score (nSPS) is 15.3. The molecule has 0 aromatic heterocycles. The zero-order valence-corrected chi connectivity index (χ0v) is 15.8. The van der Waals surface area contributed by atoms with Gasteiger partial charge >= 0.3 is 18.3 Å². The summed E-state index contributed by atoms with van der Waals surface area (Å²) >= 11 is 0. The SMILES string of the molecule is O=C(N[N+]1=C(Cc2ccccc2)CCCC1)c1cc(C(F)(F)F)cc(C(F)(F)F)c1. The number of carbonyl (C=O) groups is 1. The molecule has 1 aliphatic heterocycles. The minimum Gasteiger partial charge on any atom is -0.264 e. The Kier molecular flexibility index (Phi) is 6.19. The van der Waals surface area contributed by atoms with E-state index in [0.717, 1.165) is 24.1 Å². The fourth-order valence-corrected chi connectivity index (χ4v) is 3.32. The Morgan fingerprint density at radius 3 is 2.07 bits per heavy atom. The van der Waals surface area contributed by atoms with Crippen LogP contribution in [0.4, 0.5) is 26.3 Å². The van der Waals surface area contributed by atoms with Gasteiger partial charge in [-0.1, -0.05) is 30.3 Å². The van der Waals surface area contributed by atoms with Crippen LogP contribution in [-0.2, 0) is 18.8 Å². The first-order valence-corrected chi connectivity index (χ1v) is 9.30. The lowest BCUT2D eigenvalue weighted by Gasteiger charge is -2.16. The van der Waals surface area contributed by atoms with E-state index in [1.807, 2.05) is 30.3 Å². The van der Waals surface area contributed by atoms with E-state index in [-0.39, 0.29) is 6.07 Å². The van der Waals surface area contributed by atoms with Gasteiger partial charge < -0.3 is 0 Å². The van der Waals surface area contributed by atoms with Crippen molar-refractivity contribution in [2.45, 2.75) is 38.0 Å². The number of hydrogen-bond donors (Lipinski definition) is 1. The summed E-state index contributed by atoms with van der Waals surface area (Å²) in [6.07, 6.45) is -7.19. The monoisotopic (exact) mass is 429 g/mol. The lowest BCUT2D eigenvalue weighted by atomic mass is 10.0. The zero-order valence-electron chi connectivity index (χ0n) is 15.8. The van der Waals surface area contributed by atoms with Gasteiger partial charge in [-0.25, -0.2) is 0 Å². The number of halogens is 6. The van der Waals surface area contributed by atoms with Crippen LogP contribution in [0.1, 0.15) is 46.3 Å². The number of carbonyl (C=O) groups excluding carboxylic acids is 1. The molecule has 1 aliphatic rings. The van der Waals surface area contributed by atoms with Crippen molar-refractivity contribution >= 4 is 11.6 Å². The van der Waals surface area contributed by atoms with Gasteiger partial charge in [-0.05, 0) is 30.2 Å². The van der Waals surface area contributed by atoms with E-state index in [1.165, 1.54) is 4.68 Å². The molecule has 0 unspecified atom stereocenters. The van der Waals surface area contributed by atoms with E-state index in [0.29, 0.717) is 31.5 Å². The smallest absolute Gasteiger partial charge is 0.264 e. The van der Waals surface area contributed by atoms with Crippen molar-refractivity contribution in [2.24, 2.45) is 0 Å². The summed E-state index contributed by atoms with van der Waals surface area (Å²) in [4.78, 5) is 12.6. The summed E-state index contributed by atoms with van der Waals surface area (Å²) in [5.74, 6) is -1.01. The maximum Gasteiger partial charge on any atom is 0.416 e. The zero-order chi connectivity index (χ0) is 21.9. The second-order valence-electron chi connectivity index (χ2n) is 7.07. The first kappa shape index (κ1) is 21.9. The van der Waals surface area contributed by atoms with Crippen LogP contribution >= 0.6 is 0 Å². The molecule has 160 valence electrons. The van der Waals surface area contributed by atoms with Gasteiger partial charge in [-0.3, -0.25) is 4.79 Å². The van der Waals surface area contributed by atoms with Crippen molar-refractivity contribution in [3.8, 4) is 0 Å². The van der Waals surface area contributed by atoms with Crippen LogP contribution < -0.4 is 5.43 Å². The third kappa shape index (κ3) is 5.40. The fourth-order valence-electron chi connectivity index (χ4n) is 3.32. The highest BCUT2D eigenvalue weighted by Crippen LogP contribution is 2.36. The number of nitrogens with one attached hydrogen (secondary N) is 1. The van der Waals surface area contributed by atoms with Crippen LogP contribution in [0.25, 0.3) is 0 Å². The molecule has 0 radical (unpaired) electrons. The highest BCUT2D eigenvalue weighted by molar-refractivity contribution is 5.94. The molecule has 0 saturated heterocycles. The minimum absolute atomic E-state index is 0.00459. The summed E-state index contributed by atoms with van der Waals surface area (Å²) in [5.41, 5.74) is 0.598. The van der Waals surface area contributed by atoms with Crippen molar-refractivity contribution in [3.63, 3.8) is 0 Å². The van der Waals surface area contributed by atoms with E-state index in [4.69, 9.17) is 0 Å². The van der Waals surface area contributed by atoms with Crippen LogP contribution in [0.5, 0.6) is 0 Å². The molecule has 0 atom stereocenters. The highest BCUT2D eigenvalue weighted by atomic mass is 19.4. The molecule has 1 N–H and O–H groups in total. The lowest BCUT2D eigenvalue weighted by molar-refractivity contribution is -0.578. The van der Waals surface area contributed by atoms with Gasteiger partial charge in [0, 0.05) is 18.4 Å². The maximum atomic E-state index is 13.0. The van der Waals surface area contributed by atoms with E-state index < -0.39 is 35.0 Å². The van der Waals surface area contributed by atoms with Crippen LogP contribution in [0.3, 0.4) is 0 Å². The van der Waals surface area contributed by atoms with Crippen molar-refractivity contribution in [1.29, 1.82) is 0 Å². The number of amides is 1. The van der Waals surface area contributed by atoms with E-state index in [9.17, 15) is 31.1 Å². The molecular weight excluding hydrogens is 410 g/mol. The van der Waals surface area contributed by atoms with E-state index in [2.05, 4.69) is 5.43 Å². The molecule has 1 heterocycles. The number of hydrogen-bond acceptors (Lipinski definition) is 1. The Hall–Kier alpha value is -2.84. The Bertz CT molecular complexity index is 916. The third-order valence-corrected chi connectivity index (χ3v) is 4.82. The number of hydrazone groups is 1. The molecule has 0 fully saturated rings. The van der Waals surface area contributed by atoms with Crippen molar-refractivity contribution in [2.75, 3.05) is 6.54 Å². The van der Waals surface area contributed by atoms with Crippen molar-refractivity contribution in [1.82, 2.24) is 5.43 Å². The number of nitrogens with zero attached hydrogens (tertiary/aromatic N) is 1. The lowest BCUT2D eigenvalue weighted by Crippen LogP contribution is -2.42. The first-order valence-electron chi connectivity index (χ1n) is 9.30. The Morgan fingerprint density at radius 2 is 1.50 bits per heavy atom. The minimum atomic E-state index is -5.01. The molecule has 2 aromatic rings. The standard InChI is InChI=1S/C21H18F6N2O/c22-20(23,24)16-11-15(12-17(13-16)21(25,26)27)19(30)28-29-9-5-4-8-18(29)10-14-6-2-1-3-7-14/h1-3,6-7,11-13H,4-5,8-10H2/p+1. The Labute approximate surface area is 169 Å². The van der Waals surface area contributed by atoms with Crippen LogP contribution in [0, 0.1) is 0 Å². The quantitative estimate of drug-likeness (QED) is 0.523. The largest absolute Gasteiger partial charge is 0.416 e. The summed E-state index contributed by atoms with van der Waals surface area (Å²) in [5, 5.41) is 0. The molecule has 30 heavy (non-hydrogen) atoms. The molecular formula is C21H19F6N2O+. The van der Waals surface area contributed by atoms with Crippen molar-refractivity contribution in [3.05, 3.63) is 70.8 Å². The van der Waals surface area contributed by atoms with Gasteiger partial charge in [0.05, 0.1) is 17.5 Å². The molecule has 1 amide bonds. The molecule has 0 saturated carbocycles. The molecule has 0 spiro atoms. The second-order valence-corrected chi connectivity index (χ2v) is 7.07. The van der Waals surface area contributed by atoms with Gasteiger partial charge in [0.2, 0.25) is 0 Å². The Balaban J connectivity index is 1.91. The average molecular weight is 429 g/mol. The van der Waals surface area contributed by atoms with Gasteiger partial charge in [-0.15, -0.1) is 10.1 Å². The molecule has 0 bridgehead atoms. The predicted molar refractivity (Wildman–Crippen MR) is 98.0 cm³/mol. The summed E-state index contributed by atoms with van der Waals surface area (Å²) < 4.78 is 79.8. The fraction of sp³-hybridized carbons (Fsp3) is 0.333. The number of hydrazine groups is 1. The number of benzene rings is 2. The summed E-state index contributed by atoms with van der Waals surface area (Å²) in [7, 11) is 0. The highest BCUT2D eigenvalue weighted by Gasteiger charge is 2.38. The molecule has 3 nitrogen and oxygen atoms in total. The number of rotatable bonds is 4. The third-order valence-electron chi connectivity index (χ3n) is 4.82. The Morgan fingerprint density at radius 1 is 0.900 bits per heavy atom. The van der Waals surface area contributed by atoms with Gasteiger partial charge in [0.1, 0.15) is 0 Å². The van der Waals surface area contributed by atoms with Gasteiger partial charge in [0.25, 0.3) is 0 Å². The molecule has 3 rings (SSSR count). The first-order chi connectivity index (χ1) is 14.0. The predicted octanol–water partition coefficient (Wildman–Crippen LogP) is 5.25. The van der Waals surface area contributed by atoms with E-state index >= 15 is 0 Å². The van der Waals surface area contributed by atoms with E-state index in [1.54, 1.807) is 0 Å². The maximum absolute atomic E-state index is 13.0.